The molecule has 24 heavy (non-hydrogen) atoms. The summed E-state index contributed by atoms with van der Waals surface area (Å²) < 4.78 is 13.8. The fourth-order valence-electron chi connectivity index (χ4n) is 2.89. The van der Waals surface area contributed by atoms with Gasteiger partial charge in [-0.05, 0) is 36.1 Å². The van der Waals surface area contributed by atoms with Gasteiger partial charge in [0.2, 0.25) is 0 Å². The summed E-state index contributed by atoms with van der Waals surface area (Å²) in [5.74, 6) is -0.164. The van der Waals surface area contributed by atoms with E-state index < -0.39 is 0 Å². The number of para-hydroxylation sites is 1. The van der Waals surface area contributed by atoms with Gasteiger partial charge in [-0.1, -0.05) is 12.1 Å². The van der Waals surface area contributed by atoms with E-state index in [4.69, 9.17) is 0 Å². The number of nitrogens with zero attached hydrogens (tertiary/aromatic N) is 2. The van der Waals surface area contributed by atoms with Crippen LogP contribution in [0.25, 0.3) is 0 Å². The molecule has 1 aromatic heterocycles. The maximum Gasteiger partial charge on any atom is 0.261 e. The van der Waals surface area contributed by atoms with Crippen LogP contribution in [-0.2, 0) is 0 Å². The lowest BCUT2D eigenvalue weighted by atomic mass is 10.2. The number of thiophene rings is 1. The average molecular weight is 347 g/mol. The molecule has 1 aliphatic heterocycles. The van der Waals surface area contributed by atoms with Crippen molar-refractivity contribution in [1.29, 1.82) is 0 Å². The molecule has 1 amide bonds. The minimum atomic E-state index is -0.163. The van der Waals surface area contributed by atoms with Gasteiger partial charge in [0, 0.05) is 39.3 Å². The highest BCUT2D eigenvalue weighted by Crippen LogP contribution is 2.20. The van der Waals surface area contributed by atoms with Crippen LogP contribution in [0.3, 0.4) is 0 Å². The van der Waals surface area contributed by atoms with Crippen molar-refractivity contribution in [2.24, 2.45) is 0 Å². The van der Waals surface area contributed by atoms with Gasteiger partial charge in [0.05, 0.1) is 10.6 Å². The minimum absolute atomic E-state index is 0.00177. The van der Waals surface area contributed by atoms with Gasteiger partial charge in [0.15, 0.2) is 0 Å². The standard InChI is InChI=1S/C18H22FN3OS/c1-14-12-17(24-13-14)18(23)20-6-7-21-8-10-22(11-9-21)16-5-3-2-4-15(16)19/h2-5,12-13H,6-11H2,1H3,(H,20,23). The van der Waals surface area contributed by atoms with Crippen LogP contribution in [0.15, 0.2) is 35.7 Å². The number of nitrogens with one attached hydrogen (secondary N) is 1. The zero-order chi connectivity index (χ0) is 16.9. The molecule has 4 nitrogen and oxygen atoms in total. The lowest BCUT2D eigenvalue weighted by Crippen LogP contribution is -2.48. The Morgan fingerprint density at radius 3 is 2.67 bits per heavy atom. The average Bonchev–Trinajstić information content (AvgIpc) is 3.03. The molecule has 0 radical (unpaired) electrons. The number of benzene rings is 1. The highest BCUT2D eigenvalue weighted by Gasteiger charge is 2.19. The summed E-state index contributed by atoms with van der Waals surface area (Å²) in [7, 11) is 0. The van der Waals surface area contributed by atoms with Gasteiger partial charge in [0.1, 0.15) is 5.82 Å². The maximum atomic E-state index is 13.8. The van der Waals surface area contributed by atoms with Crippen molar-refractivity contribution in [3.63, 3.8) is 0 Å². The Hall–Kier alpha value is -1.92. The molecule has 6 heteroatoms. The van der Waals surface area contributed by atoms with E-state index in [2.05, 4.69) is 15.1 Å². The van der Waals surface area contributed by atoms with Crippen molar-refractivity contribution in [3.8, 4) is 0 Å². The number of aryl methyl sites for hydroxylation is 1. The molecule has 3 rings (SSSR count). The predicted octanol–water partition coefficient (Wildman–Crippen LogP) is 2.75. The molecule has 0 unspecified atom stereocenters. The van der Waals surface area contributed by atoms with E-state index in [1.807, 2.05) is 30.5 Å². The van der Waals surface area contributed by atoms with Gasteiger partial charge in [-0.3, -0.25) is 9.69 Å². The Bertz CT molecular complexity index is 695. The van der Waals surface area contributed by atoms with Crippen molar-refractivity contribution < 1.29 is 9.18 Å². The zero-order valence-electron chi connectivity index (χ0n) is 13.8. The topological polar surface area (TPSA) is 35.6 Å². The second-order valence-corrected chi connectivity index (χ2v) is 6.94. The molecule has 1 N–H and O–H groups in total. The van der Waals surface area contributed by atoms with E-state index in [1.165, 1.54) is 17.4 Å². The van der Waals surface area contributed by atoms with Gasteiger partial charge in [-0.15, -0.1) is 11.3 Å². The molecular weight excluding hydrogens is 325 g/mol. The highest BCUT2D eigenvalue weighted by atomic mass is 32.1. The first-order valence-electron chi connectivity index (χ1n) is 8.18. The van der Waals surface area contributed by atoms with Crippen molar-refractivity contribution in [1.82, 2.24) is 10.2 Å². The van der Waals surface area contributed by atoms with E-state index in [0.29, 0.717) is 12.2 Å². The molecule has 1 saturated heterocycles. The van der Waals surface area contributed by atoms with Crippen molar-refractivity contribution in [3.05, 3.63) is 52.0 Å². The zero-order valence-corrected chi connectivity index (χ0v) is 14.6. The van der Waals surface area contributed by atoms with Crippen LogP contribution < -0.4 is 10.2 Å². The normalized spacial score (nSPS) is 15.5. The van der Waals surface area contributed by atoms with E-state index in [0.717, 1.165) is 43.2 Å². The summed E-state index contributed by atoms with van der Waals surface area (Å²) in [4.78, 5) is 17.2. The quantitative estimate of drug-likeness (QED) is 0.903. The number of carbonyl (C=O) groups excluding carboxylic acids is 1. The Morgan fingerprint density at radius 2 is 2.00 bits per heavy atom. The summed E-state index contributed by atoms with van der Waals surface area (Å²) in [6.07, 6.45) is 0. The predicted molar refractivity (Wildman–Crippen MR) is 96.4 cm³/mol. The first-order valence-corrected chi connectivity index (χ1v) is 9.06. The molecule has 2 heterocycles. The summed E-state index contributed by atoms with van der Waals surface area (Å²) in [5, 5.41) is 4.95. The van der Waals surface area contributed by atoms with Gasteiger partial charge in [0.25, 0.3) is 5.91 Å². The largest absolute Gasteiger partial charge is 0.367 e. The third kappa shape index (κ3) is 4.13. The number of halogens is 1. The van der Waals surface area contributed by atoms with Crippen LogP contribution in [0.1, 0.15) is 15.2 Å². The van der Waals surface area contributed by atoms with Gasteiger partial charge in [-0.2, -0.15) is 0 Å². The number of hydrogen-bond acceptors (Lipinski definition) is 4. The summed E-state index contributed by atoms with van der Waals surface area (Å²) >= 11 is 1.48. The molecule has 0 bridgehead atoms. The SMILES string of the molecule is Cc1csc(C(=O)NCCN2CCN(c3ccccc3F)CC2)c1. The van der Waals surface area contributed by atoms with Crippen molar-refractivity contribution in [2.45, 2.75) is 6.92 Å². The first kappa shape index (κ1) is 16.9. The van der Waals surface area contributed by atoms with E-state index in [-0.39, 0.29) is 11.7 Å². The third-order valence-electron chi connectivity index (χ3n) is 4.23. The highest BCUT2D eigenvalue weighted by molar-refractivity contribution is 7.12. The molecular formula is C18H22FN3OS. The Balaban J connectivity index is 1.41. The molecule has 1 aliphatic rings. The van der Waals surface area contributed by atoms with Crippen LogP contribution in [0.5, 0.6) is 0 Å². The molecule has 128 valence electrons. The number of amides is 1. The molecule has 0 spiro atoms. The molecule has 0 saturated carbocycles. The van der Waals surface area contributed by atoms with Crippen LogP contribution >= 0.6 is 11.3 Å². The third-order valence-corrected chi connectivity index (χ3v) is 5.28. The Labute approximate surface area is 145 Å². The maximum absolute atomic E-state index is 13.8. The van der Waals surface area contributed by atoms with Crippen LogP contribution in [0.2, 0.25) is 0 Å². The smallest absolute Gasteiger partial charge is 0.261 e. The number of anilines is 1. The fourth-order valence-corrected chi connectivity index (χ4v) is 3.70. The molecule has 1 aromatic carbocycles. The Kier molecular flexibility index (Phi) is 5.48. The van der Waals surface area contributed by atoms with E-state index >= 15 is 0 Å². The summed E-state index contributed by atoms with van der Waals surface area (Å²) in [6.45, 7) is 6.81. The molecule has 0 aliphatic carbocycles. The second-order valence-electron chi connectivity index (χ2n) is 6.02. The van der Waals surface area contributed by atoms with Gasteiger partial charge in [-0.25, -0.2) is 4.39 Å². The summed E-state index contributed by atoms with van der Waals surface area (Å²) in [5.41, 5.74) is 1.80. The number of hydrogen-bond donors (Lipinski definition) is 1. The second kappa shape index (κ2) is 7.77. The van der Waals surface area contributed by atoms with Gasteiger partial charge < -0.3 is 10.2 Å². The summed E-state index contributed by atoms with van der Waals surface area (Å²) in [6, 6.07) is 8.82. The number of carbonyl (C=O) groups is 1. The molecule has 2 aromatic rings. The Morgan fingerprint density at radius 1 is 1.25 bits per heavy atom. The van der Waals surface area contributed by atoms with E-state index in [9.17, 15) is 9.18 Å². The van der Waals surface area contributed by atoms with Gasteiger partial charge >= 0.3 is 0 Å². The van der Waals surface area contributed by atoms with Crippen LogP contribution in [0.4, 0.5) is 10.1 Å². The monoisotopic (exact) mass is 347 g/mol. The van der Waals surface area contributed by atoms with Crippen LogP contribution in [-0.4, -0.2) is 50.1 Å². The molecule has 1 fully saturated rings. The molecule has 0 atom stereocenters. The van der Waals surface area contributed by atoms with Crippen molar-refractivity contribution in [2.75, 3.05) is 44.2 Å². The van der Waals surface area contributed by atoms with Crippen LogP contribution in [0, 0.1) is 12.7 Å². The van der Waals surface area contributed by atoms with Crippen molar-refractivity contribution >= 4 is 22.9 Å². The fraction of sp³-hybridized carbons (Fsp3) is 0.389. The number of rotatable bonds is 5. The first-order chi connectivity index (χ1) is 11.6. The minimum Gasteiger partial charge on any atom is -0.367 e. The lowest BCUT2D eigenvalue weighted by Gasteiger charge is -2.36. The van der Waals surface area contributed by atoms with E-state index in [1.54, 1.807) is 6.07 Å². The number of piperazine rings is 1. The lowest BCUT2D eigenvalue weighted by molar-refractivity contribution is 0.0951.